The van der Waals surface area contributed by atoms with Crippen molar-refractivity contribution < 1.29 is 0 Å². The third-order valence-corrected chi connectivity index (χ3v) is 10.2. The molecule has 0 N–H and O–H groups in total. The number of aromatic nitrogens is 4. The van der Waals surface area contributed by atoms with Crippen LogP contribution in [0, 0.1) is 0 Å². The van der Waals surface area contributed by atoms with Crippen LogP contribution in [0.25, 0.3) is 50.5 Å². The summed E-state index contributed by atoms with van der Waals surface area (Å²) in [6, 6.07) is 49.5. The average molecular weight is 618 g/mol. The minimum absolute atomic E-state index is 0.0956. The van der Waals surface area contributed by atoms with Gasteiger partial charge in [-0.1, -0.05) is 129 Å². The summed E-state index contributed by atoms with van der Waals surface area (Å²) in [7, 11) is 0. The highest BCUT2D eigenvalue weighted by Crippen LogP contribution is 2.56. The highest BCUT2D eigenvalue weighted by atomic mass is 15.2. The van der Waals surface area contributed by atoms with Gasteiger partial charge in [0.15, 0.2) is 11.6 Å². The molecule has 0 radical (unpaired) electrons. The number of anilines is 3. The second kappa shape index (κ2) is 9.96. The smallest absolute Gasteiger partial charge is 0.238 e. The quantitative estimate of drug-likeness (QED) is 0.198. The summed E-state index contributed by atoms with van der Waals surface area (Å²) in [5.41, 5.74) is 13.1. The Morgan fingerprint density at radius 3 is 1.92 bits per heavy atom. The topological polar surface area (TPSA) is 46.8 Å². The van der Waals surface area contributed by atoms with Crippen LogP contribution < -0.4 is 4.90 Å². The van der Waals surface area contributed by atoms with Gasteiger partial charge in [-0.25, -0.2) is 4.98 Å². The summed E-state index contributed by atoms with van der Waals surface area (Å²) in [4.78, 5) is 17.8. The third kappa shape index (κ3) is 3.82. The minimum atomic E-state index is -0.0956. The van der Waals surface area contributed by atoms with Gasteiger partial charge in [0, 0.05) is 33.7 Å². The minimum Gasteiger partial charge on any atom is -0.309 e. The van der Waals surface area contributed by atoms with E-state index in [2.05, 4.69) is 126 Å². The van der Waals surface area contributed by atoms with Crippen molar-refractivity contribution in [1.82, 2.24) is 19.5 Å². The number of nitrogens with zero attached hydrogens (tertiary/aromatic N) is 5. The van der Waals surface area contributed by atoms with Crippen LogP contribution >= 0.6 is 0 Å². The first-order valence-corrected chi connectivity index (χ1v) is 16.5. The molecule has 0 unspecified atom stereocenters. The van der Waals surface area contributed by atoms with Gasteiger partial charge in [0.1, 0.15) is 0 Å². The molecule has 2 aliphatic rings. The van der Waals surface area contributed by atoms with Gasteiger partial charge in [0.05, 0.1) is 28.1 Å². The van der Waals surface area contributed by atoms with Crippen LogP contribution in [-0.2, 0) is 11.8 Å². The molecule has 48 heavy (non-hydrogen) atoms. The lowest BCUT2D eigenvalue weighted by Crippen LogP contribution is -2.33. The molecule has 0 saturated carbocycles. The molecular formula is C43H31N5. The molecule has 228 valence electrons. The second-order valence-electron chi connectivity index (χ2n) is 13.3. The van der Waals surface area contributed by atoms with E-state index in [0.29, 0.717) is 17.6 Å². The third-order valence-electron chi connectivity index (χ3n) is 10.2. The Labute approximate surface area is 278 Å². The molecule has 8 aromatic rings. The molecule has 0 bridgehead atoms. The highest BCUT2D eigenvalue weighted by molar-refractivity contribution is 6.11. The van der Waals surface area contributed by atoms with Crippen molar-refractivity contribution in [1.29, 1.82) is 0 Å². The van der Waals surface area contributed by atoms with Crippen molar-refractivity contribution in [2.75, 3.05) is 4.90 Å². The maximum absolute atomic E-state index is 5.15. The Hall–Kier alpha value is -6.07. The largest absolute Gasteiger partial charge is 0.309 e. The lowest BCUT2D eigenvalue weighted by molar-refractivity contribution is 0.629. The van der Waals surface area contributed by atoms with Crippen molar-refractivity contribution in [2.24, 2.45) is 0 Å². The summed E-state index contributed by atoms with van der Waals surface area (Å²) in [6.45, 7) is 4.71. The number of para-hydroxylation sites is 3. The average Bonchev–Trinajstić information content (AvgIpc) is 3.46. The summed E-state index contributed by atoms with van der Waals surface area (Å²) in [6.07, 6.45) is 0.854. The molecule has 2 aromatic heterocycles. The molecule has 0 saturated heterocycles. The lowest BCUT2D eigenvalue weighted by Gasteiger charge is -2.45. The molecule has 4 heterocycles. The van der Waals surface area contributed by atoms with E-state index in [4.69, 9.17) is 15.0 Å². The van der Waals surface area contributed by atoms with Crippen LogP contribution in [0.4, 0.5) is 17.1 Å². The van der Waals surface area contributed by atoms with Gasteiger partial charge in [-0.15, -0.1) is 0 Å². The molecule has 2 aliphatic heterocycles. The van der Waals surface area contributed by atoms with Gasteiger partial charge in [-0.2, -0.15) is 9.97 Å². The van der Waals surface area contributed by atoms with Gasteiger partial charge < -0.3 is 4.90 Å². The SMILES string of the molecule is CC1(C)c2ccccc2N2c3cc4c5ccccc5n(-c5nc(-c6ccccc6)nc(-c6ccccc6)n5)c4cc3Cc3cccc1c32. The molecular weight excluding hydrogens is 587 g/mol. The van der Waals surface area contributed by atoms with Crippen LogP contribution in [0.15, 0.2) is 140 Å². The van der Waals surface area contributed by atoms with E-state index in [1.807, 2.05) is 36.4 Å². The van der Waals surface area contributed by atoms with Crippen LogP contribution in [0.5, 0.6) is 0 Å². The van der Waals surface area contributed by atoms with Crippen LogP contribution in [0.3, 0.4) is 0 Å². The number of benzene rings is 6. The van der Waals surface area contributed by atoms with Gasteiger partial charge in [0.2, 0.25) is 5.95 Å². The molecule has 0 amide bonds. The van der Waals surface area contributed by atoms with Crippen molar-refractivity contribution in [3.05, 3.63) is 162 Å². The maximum atomic E-state index is 5.15. The highest BCUT2D eigenvalue weighted by Gasteiger charge is 2.40. The molecule has 6 aromatic carbocycles. The Bertz CT molecular complexity index is 2510. The van der Waals surface area contributed by atoms with Crippen LogP contribution in [-0.4, -0.2) is 19.5 Å². The molecule has 5 heteroatoms. The monoisotopic (exact) mass is 617 g/mol. The van der Waals surface area contributed by atoms with E-state index in [1.54, 1.807) is 0 Å². The van der Waals surface area contributed by atoms with Crippen LogP contribution in [0.2, 0.25) is 0 Å². The van der Waals surface area contributed by atoms with E-state index in [-0.39, 0.29) is 5.41 Å². The number of hydrogen-bond donors (Lipinski definition) is 0. The van der Waals surface area contributed by atoms with Crippen LogP contribution in [0.1, 0.15) is 36.1 Å². The fourth-order valence-electron chi connectivity index (χ4n) is 7.93. The summed E-state index contributed by atoms with van der Waals surface area (Å²) < 4.78 is 2.23. The zero-order valence-electron chi connectivity index (χ0n) is 26.7. The molecule has 0 aliphatic carbocycles. The zero-order chi connectivity index (χ0) is 32.0. The van der Waals surface area contributed by atoms with Crippen molar-refractivity contribution in [3.63, 3.8) is 0 Å². The Kier molecular flexibility index (Phi) is 5.62. The summed E-state index contributed by atoms with van der Waals surface area (Å²) >= 11 is 0. The van der Waals surface area contributed by atoms with Gasteiger partial charge in [-0.3, -0.25) is 4.57 Å². The van der Waals surface area contributed by atoms with Gasteiger partial charge >= 0.3 is 0 Å². The molecule has 0 fully saturated rings. The first kappa shape index (κ1) is 27.1. The second-order valence-corrected chi connectivity index (χ2v) is 13.3. The first-order valence-electron chi connectivity index (χ1n) is 16.5. The maximum Gasteiger partial charge on any atom is 0.238 e. The van der Waals surface area contributed by atoms with E-state index in [1.165, 1.54) is 50.1 Å². The van der Waals surface area contributed by atoms with Crippen molar-refractivity contribution >= 4 is 38.9 Å². The van der Waals surface area contributed by atoms with Crippen molar-refractivity contribution in [2.45, 2.75) is 25.7 Å². The Morgan fingerprint density at radius 2 is 1.17 bits per heavy atom. The Morgan fingerprint density at radius 1 is 0.521 bits per heavy atom. The summed E-state index contributed by atoms with van der Waals surface area (Å²) in [5.74, 6) is 1.91. The number of fused-ring (bicyclic) bond motifs is 7. The normalized spacial score (nSPS) is 14.1. The predicted octanol–water partition coefficient (Wildman–Crippen LogP) is 10.3. The molecule has 10 rings (SSSR count). The van der Waals surface area contributed by atoms with Crippen molar-refractivity contribution in [3.8, 4) is 28.7 Å². The number of hydrogen-bond acceptors (Lipinski definition) is 4. The lowest BCUT2D eigenvalue weighted by atomic mass is 9.71. The fraction of sp³-hybridized carbons (Fsp3) is 0.0930. The van der Waals surface area contributed by atoms with Gasteiger partial charge in [-0.05, 0) is 46.5 Å². The van der Waals surface area contributed by atoms with E-state index >= 15 is 0 Å². The number of rotatable bonds is 3. The standard InChI is InChI=1S/C43H31N5/c1-43(2)33-20-10-12-23-36(33)47-37-26-32-31-19-9-11-22-35(31)48(38(32)25-30(37)24-29-18-13-21-34(43)39(29)47)42-45-40(27-14-5-3-6-15-27)44-41(46-42)28-16-7-4-8-17-28/h3-23,25-26H,24H2,1-2H3. The fourth-order valence-corrected chi connectivity index (χ4v) is 7.93. The zero-order valence-corrected chi connectivity index (χ0v) is 26.7. The van der Waals surface area contributed by atoms with E-state index in [9.17, 15) is 0 Å². The molecule has 0 atom stereocenters. The van der Waals surface area contributed by atoms with E-state index < -0.39 is 0 Å². The van der Waals surface area contributed by atoms with Gasteiger partial charge in [0.25, 0.3) is 0 Å². The summed E-state index contributed by atoms with van der Waals surface area (Å²) in [5, 5.41) is 2.35. The predicted molar refractivity (Wildman–Crippen MR) is 195 cm³/mol. The first-order chi connectivity index (χ1) is 23.6. The molecule has 0 spiro atoms. The Balaban J connectivity index is 1.26. The van der Waals surface area contributed by atoms with E-state index in [0.717, 1.165) is 28.6 Å². The molecule has 5 nitrogen and oxygen atoms in total.